The summed E-state index contributed by atoms with van der Waals surface area (Å²) in [5.41, 5.74) is 0. The number of hydrogen-bond acceptors (Lipinski definition) is 3. The molecule has 0 spiro atoms. The molecule has 1 aromatic heterocycles. The van der Waals surface area contributed by atoms with Crippen molar-refractivity contribution in [2.75, 3.05) is 18.1 Å². The lowest BCUT2D eigenvalue weighted by atomic mass is 10.3. The smallest absolute Gasteiger partial charge is 0.166 e. The van der Waals surface area contributed by atoms with E-state index in [2.05, 4.69) is 23.5 Å². The van der Waals surface area contributed by atoms with Crippen LogP contribution in [0.1, 0.15) is 13.3 Å². The van der Waals surface area contributed by atoms with Crippen LogP contribution in [0.15, 0.2) is 12.3 Å². The van der Waals surface area contributed by atoms with Gasteiger partial charge >= 0.3 is 0 Å². The van der Waals surface area contributed by atoms with E-state index in [1.54, 1.807) is 11.8 Å². The second-order valence-corrected chi connectivity index (χ2v) is 4.96. The van der Waals surface area contributed by atoms with Crippen LogP contribution in [0.2, 0.25) is 5.02 Å². The van der Waals surface area contributed by atoms with Crippen LogP contribution in [0.25, 0.3) is 0 Å². The number of hydrogen-bond donors (Lipinski definition) is 1. The summed E-state index contributed by atoms with van der Waals surface area (Å²) in [6.45, 7) is 2.85. The molecule has 84 valence electrons. The first-order valence-electron chi connectivity index (χ1n) is 4.71. The van der Waals surface area contributed by atoms with E-state index in [-0.39, 0.29) is 5.82 Å². The Labute approximate surface area is 98.6 Å². The van der Waals surface area contributed by atoms with Gasteiger partial charge in [-0.2, -0.15) is 11.8 Å². The molecule has 1 heterocycles. The van der Waals surface area contributed by atoms with Crippen molar-refractivity contribution in [3.8, 4) is 0 Å². The lowest BCUT2D eigenvalue weighted by Crippen LogP contribution is -2.09. The third kappa shape index (κ3) is 4.26. The van der Waals surface area contributed by atoms with Gasteiger partial charge in [-0.25, -0.2) is 9.37 Å². The minimum absolute atomic E-state index is 0.271. The molecule has 0 aliphatic carbocycles. The maximum atomic E-state index is 13.2. The Balaban J connectivity index is 2.44. The van der Waals surface area contributed by atoms with Crippen LogP contribution in [0.3, 0.4) is 0 Å². The van der Waals surface area contributed by atoms with E-state index in [1.165, 1.54) is 12.3 Å². The van der Waals surface area contributed by atoms with Crippen molar-refractivity contribution in [2.24, 2.45) is 0 Å². The second-order valence-electron chi connectivity index (χ2n) is 3.25. The van der Waals surface area contributed by atoms with E-state index in [9.17, 15) is 4.39 Å². The summed E-state index contributed by atoms with van der Waals surface area (Å²) in [6, 6.07) is 1.26. The molecule has 0 saturated heterocycles. The summed E-state index contributed by atoms with van der Waals surface area (Å²) >= 11 is 7.38. The molecule has 15 heavy (non-hydrogen) atoms. The van der Waals surface area contributed by atoms with E-state index in [4.69, 9.17) is 11.6 Å². The Morgan fingerprint density at radius 1 is 1.67 bits per heavy atom. The summed E-state index contributed by atoms with van der Waals surface area (Å²) in [4.78, 5) is 3.88. The van der Waals surface area contributed by atoms with Gasteiger partial charge in [-0.05, 0) is 18.7 Å². The Kier molecular flexibility index (Phi) is 5.19. The predicted octanol–water partition coefficient (Wildman–Crippen LogP) is 3.43. The van der Waals surface area contributed by atoms with E-state index in [0.717, 1.165) is 6.42 Å². The van der Waals surface area contributed by atoms with E-state index >= 15 is 0 Å². The van der Waals surface area contributed by atoms with Gasteiger partial charge in [0.15, 0.2) is 11.6 Å². The summed E-state index contributed by atoms with van der Waals surface area (Å²) < 4.78 is 13.2. The summed E-state index contributed by atoms with van der Waals surface area (Å²) in [7, 11) is 0. The fourth-order valence-electron chi connectivity index (χ4n) is 1.06. The predicted molar refractivity (Wildman–Crippen MR) is 65.3 cm³/mol. The Hall–Kier alpha value is -0.480. The van der Waals surface area contributed by atoms with Crippen LogP contribution in [-0.4, -0.2) is 23.0 Å². The lowest BCUT2D eigenvalue weighted by Gasteiger charge is -2.09. The molecule has 0 aliphatic rings. The van der Waals surface area contributed by atoms with Crippen LogP contribution < -0.4 is 5.32 Å². The number of nitrogens with zero attached hydrogens (tertiary/aromatic N) is 1. The van der Waals surface area contributed by atoms with Crippen molar-refractivity contribution in [2.45, 2.75) is 18.6 Å². The number of thioether (sulfide) groups is 1. The molecule has 1 aromatic rings. The van der Waals surface area contributed by atoms with Gasteiger partial charge in [-0.3, -0.25) is 0 Å². The highest BCUT2D eigenvalue weighted by Gasteiger charge is 2.04. The summed E-state index contributed by atoms with van der Waals surface area (Å²) in [5.74, 6) is -0.132. The molecule has 0 bridgehead atoms. The van der Waals surface area contributed by atoms with Gasteiger partial charge in [0, 0.05) is 18.0 Å². The number of nitrogens with one attached hydrogen (secondary N) is 1. The molecular weight excluding hydrogens is 235 g/mol. The molecule has 1 unspecified atom stereocenters. The fraction of sp³-hybridized carbons (Fsp3) is 0.500. The van der Waals surface area contributed by atoms with Gasteiger partial charge in [-0.15, -0.1) is 0 Å². The Bertz CT molecular complexity index is 322. The highest BCUT2D eigenvalue weighted by Crippen LogP contribution is 2.16. The first kappa shape index (κ1) is 12.6. The molecular formula is C10H14ClFN2S. The van der Waals surface area contributed by atoms with Gasteiger partial charge in [0.05, 0.1) is 5.02 Å². The highest BCUT2D eigenvalue weighted by molar-refractivity contribution is 7.99. The maximum Gasteiger partial charge on any atom is 0.166 e. The zero-order chi connectivity index (χ0) is 11.3. The van der Waals surface area contributed by atoms with Gasteiger partial charge < -0.3 is 5.32 Å². The van der Waals surface area contributed by atoms with E-state index in [1.807, 2.05) is 0 Å². The average Bonchev–Trinajstić information content (AvgIpc) is 2.21. The molecule has 5 heteroatoms. The molecule has 0 aromatic carbocycles. The number of anilines is 1. The number of halogens is 2. The van der Waals surface area contributed by atoms with E-state index in [0.29, 0.717) is 16.8 Å². The van der Waals surface area contributed by atoms with Gasteiger partial charge in [0.1, 0.15) is 0 Å². The van der Waals surface area contributed by atoms with E-state index < -0.39 is 5.82 Å². The van der Waals surface area contributed by atoms with Crippen LogP contribution in [0, 0.1) is 5.82 Å². The molecule has 1 N–H and O–H groups in total. The summed E-state index contributed by atoms with van der Waals surface area (Å²) in [5, 5.41) is 3.83. The minimum Gasteiger partial charge on any atom is -0.368 e. The molecule has 0 aliphatic heterocycles. The van der Waals surface area contributed by atoms with Gasteiger partial charge in [0.2, 0.25) is 0 Å². The van der Waals surface area contributed by atoms with Crippen molar-refractivity contribution in [3.05, 3.63) is 23.1 Å². The fourth-order valence-corrected chi connectivity index (χ4v) is 1.55. The van der Waals surface area contributed by atoms with Crippen LogP contribution in [0.4, 0.5) is 10.2 Å². The van der Waals surface area contributed by atoms with Crippen LogP contribution in [-0.2, 0) is 0 Å². The molecule has 0 amide bonds. The largest absolute Gasteiger partial charge is 0.368 e. The van der Waals surface area contributed by atoms with Crippen molar-refractivity contribution < 1.29 is 4.39 Å². The van der Waals surface area contributed by atoms with Crippen molar-refractivity contribution in [3.63, 3.8) is 0 Å². The summed E-state index contributed by atoms with van der Waals surface area (Å²) in [6.07, 6.45) is 4.47. The zero-order valence-corrected chi connectivity index (χ0v) is 10.3. The SMILES string of the molecule is CSC(C)CCNc1ncc(Cl)cc1F. The lowest BCUT2D eigenvalue weighted by molar-refractivity contribution is 0.623. The maximum absolute atomic E-state index is 13.2. The van der Waals surface area contributed by atoms with Crippen LogP contribution in [0.5, 0.6) is 0 Å². The number of pyridine rings is 1. The molecule has 1 rings (SSSR count). The molecule has 0 fully saturated rings. The van der Waals surface area contributed by atoms with Crippen molar-refractivity contribution in [1.82, 2.24) is 4.98 Å². The minimum atomic E-state index is -0.403. The first-order valence-corrected chi connectivity index (χ1v) is 6.37. The quantitative estimate of drug-likeness (QED) is 0.864. The highest BCUT2D eigenvalue weighted by atomic mass is 35.5. The molecule has 0 saturated carbocycles. The molecule has 1 atom stereocenters. The first-order chi connectivity index (χ1) is 7.13. The molecule has 2 nitrogen and oxygen atoms in total. The third-order valence-corrected chi connectivity index (χ3v) is 3.30. The Morgan fingerprint density at radius 3 is 3.00 bits per heavy atom. The topological polar surface area (TPSA) is 24.9 Å². The van der Waals surface area contributed by atoms with Crippen LogP contribution >= 0.6 is 23.4 Å². The zero-order valence-electron chi connectivity index (χ0n) is 8.76. The third-order valence-electron chi connectivity index (χ3n) is 2.05. The number of rotatable bonds is 5. The van der Waals surface area contributed by atoms with Gasteiger partial charge in [-0.1, -0.05) is 18.5 Å². The molecule has 0 radical (unpaired) electrons. The monoisotopic (exact) mass is 248 g/mol. The Morgan fingerprint density at radius 2 is 2.40 bits per heavy atom. The van der Waals surface area contributed by atoms with Crippen molar-refractivity contribution >= 4 is 29.2 Å². The average molecular weight is 249 g/mol. The van der Waals surface area contributed by atoms with Gasteiger partial charge in [0.25, 0.3) is 0 Å². The standard InChI is InChI=1S/C10H14ClFN2S/c1-7(15-2)3-4-13-10-9(12)5-8(11)6-14-10/h5-7H,3-4H2,1-2H3,(H,13,14). The van der Waals surface area contributed by atoms with Crippen molar-refractivity contribution in [1.29, 1.82) is 0 Å². The number of aromatic nitrogens is 1. The second kappa shape index (κ2) is 6.18. The normalized spacial score (nSPS) is 12.5.